The zero-order valence-corrected chi connectivity index (χ0v) is 23.4. The number of benzene rings is 3. The van der Waals surface area contributed by atoms with Crippen LogP contribution in [0.15, 0.2) is 93.9 Å². The fourth-order valence-electron chi connectivity index (χ4n) is 4.65. The van der Waals surface area contributed by atoms with Gasteiger partial charge in [0.05, 0.1) is 39.4 Å². The number of methoxy groups -OCH3 is 1. The fourth-order valence-corrected chi connectivity index (χ4v) is 5.67. The smallest absolute Gasteiger partial charge is 0.416 e. The lowest BCUT2D eigenvalue weighted by atomic mass is 9.95. The Bertz CT molecular complexity index is 1930. The topological polar surface area (TPSA) is 113 Å². The molecule has 1 aliphatic rings. The van der Waals surface area contributed by atoms with E-state index in [4.69, 9.17) is 9.47 Å². The Morgan fingerprint density at radius 2 is 1.81 bits per heavy atom. The number of hydrogen-bond donors (Lipinski definition) is 0. The molecule has 0 amide bonds. The molecule has 1 aromatic heterocycles. The van der Waals surface area contributed by atoms with Gasteiger partial charge in [-0.1, -0.05) is 60.7 Å². The number of carbonyl (C=O) groups excluding carboxylic acids is 1. The number of aromatic nitrogens is 1. The van der Waals surface area contributed by atoms with Gasteiger partial charge in [0.25, 0.3) is 5.56 Å². The van der Waals surface area contributed by atoms with Crippen molar-refractivity contribution in [2.24, 2.45) is 4.99 Å². The summed E-state index contributed by atoms with van der Waals surface area (Å²) in [7, 11) is 1.28. The lowest BCUT2D eigenvalue weighted by Crippen LogP contribution is -2.40. The van der Waals surface area contributed by atoms with Gasteiger partial charge in [-0.25, -0.2) is 9.79 Å². The average molecular weight is 610 g/mol. The van der Waals surface area contributed by atoms with Crippen molar-refractivity contribution in [2.45, 2.75) is 25.6 Å². The maximum atomic E-state index is 13.7. The molecule has 0 bridgehead atoms. The second kappa shape index (κ2) is 11.7. The van der Waals surface area contributed by atoms with Gasteiger partial charge >= 0.3 is 17.8 Å². The summed E-state index contributed by atoms with van der Waals surface area (Å²) >= 11 is 1.15. The molecular formula is C30H22F3N3O6S. The summed E-state index contributed by atoms with van der Waals surface area (Å²) in [5.74, 6) is -0.790. The number of ether oxygens (including phenoxy) is 2. The van der Waals surface area contributed by atoms with Gasteiger partial charge in [0.15, 0.2) is 4.80 Å². The third-order valence-electron chi connectivity index (χ3n) is 6.65. The van der Waals surface area contributed by atoms with E-state index in [9.17, 15) is 32.9 Å². The van der Waals surface area contributed by atoms with Gasteiger partial charge in [-0.3, -0.25) is 19.5 Å². The molecule has 2 heterocycles. The highest BCUT2D eigenvalue weighted by atomic mass is 32.1. The predicted octanol–water partition coefficient (Wildman–Crippen LogP) is 5.52. The molecule has 9 nitrogen and oxygen atoms in total. The standard InChI is InChI=1S/C30H22F3N3O6S/c1-3-21-25(28(38)41-2)26(18-7-5-4-6-8-18)35-27(37)24(43-29(35)34-21)15-17-9-12-20(13-10-17)42-23-14-11-19(30(31,32)33)16-22(23)36(39)40/h4-16,26H,3H2,1-2H3/b24-15-/t26-/m0/s1. The Labute approximate surface area is 245 Å². The molecule has 0 fully saturated rings. The second-order valence-corrected chi connectivity index (χ2v) is 10.3. The summed E-state index contributed by atoms with van der Waals surface area (Å²) in [6, 6.07) is 16.5. The van der Waals surface area contributed by atoms with Crippen LogP contribution in [0, 0.1) is 10.1 Å². The fraction of sp³-hybridized carbons (Fsp3) is 0.167. The number of halogens is 3. The number of alkyl halides is 3. The van der Waals surface area contributed by atoms with Crippen molar-refractivity contribution in [3.63, 3.8) is 0 Å². The van der Waals surface area contributed by atoms with Gasteiger partial charge in [-0.15, -0.1) is 0 Å². The summed E-state index contributed by atoms with van der Waals surface area (Å²) in [6.07, 6.45) is -2.68. The van der Waals surface area contributed by atoms with Crippen molar-refractivity contribution in [1.82, 2.24) is 4.57 Å². The highest BCUT2D eigenvalue weighted by molar-refractivity contribution is 7.07. The molecule has 0 unspecified atom stereocenters. The Morgan fingerprint density at radius 3 is 2.42 bits per heavy atom. The first-order chi connectivity index (χ1) is 20.5. The molecular weight excluding hydrogens is 587 g/mol. The Morgan fingerprint density at radius 1 is 1.12 bits per heavy atom. The SMILES string of the molecule is CCC1=C(C(=O)OC)[C@H](c2ccccc2)n2c(s/c(=C\c3ccc(Oc4ccc(C(F)(F)F)cc4[N+](=O)[O-])cc3)c2=O)=N1. The van der Waals surface area contributed by atoms with Crippen molar-refractivity contribution in [2.75, 3.05) is 7.11 Å². The molecule has 1 aliphatic heterocycles. The van der Waals surface area contributed by atoms with Gasteiger partial charge in [-0.05, 0) is 47.9 Å². The molecule has 0 N–H and O–H groups in total. The molecule has 3 aromatic carbocycles. The van der Waals surface area contributed by atoms with Crippen LogP contribution in [0.2, 0.25) is 0 Å². The monoisotopic (exact) mass is 609 g/mol. The quantitative estimate of drug-likeness (QED) is 0.155. The van der Waals surface area contributed by atoms with E-state index in [-0.39, 0.29) is 22.6 Å². The van der Waals surface area contributed by atoms with Crippen molar-refractivity contribution < 1.29 is 32.4 Å². The molecule has 0 spiro atoms. The van der Waals surface area contributed by atoms with Crippen LogP contribution in [0.4, 0.5) is 18.9 Å². The number of nitrogens with zero attached hydrogens (tertiary/aromatic N) is 3. The minimum atomic E-state index is -4.75. The van der Waals surface area contributed by atoms with Crippen LogP contribution in [0.3, 0.4) is 0 Å². The number of allylic oxidation sites excluding steroid dienone is 1. The summed E-state index contributed by atoms with van der Waals surface area (Å²) in [6.45, 7) is 1.86. The number of fused-ring (bicyclic) bond motifs is 1. The van der Waals surface area contributed by atoms with Gasteiger partial charge in [0, 0.05) is 6.07 Å². The lowest BCUT2D eigenvalue weighted by Gasteiger charge is -2.25. The second-order valence-electron chi connectivity index (χ2n) is 9.31. The molecule has 1 atom stereocenters. The average Bonchev–Trinajstić information content (AvgIpc) is 3.30. The number of thiazole rings is 1. The first kappa shape index (κ1) is 29.5. The number of nitro benzene ring substituents is 1. The van der Waals surface area contributed by atoms with E-state index in [2.05, 4.69) is 4.99 Å². The maximum Gasteiger partial charge on any atom is 0.416 e. The van der Waals surface area contributed by atoms with Crippen molar-refractivity contribution in [1.29, 1.82) is 0 Å². The van der Waals surface area contributed by atoms with Crippen molar-refractivity contribution in [3.05, 3.63) is 131 Å². The van der Waals surface area contributed by atoms with Gasteiger partial charge < -0.3 is 9.47 Å². The Kier molecular flexibility index (Phi) is 8.00. The van der Waals surface area contributed by atoms with E-state index >= 15 is 0 Å². The molecule has 13 heteroatoms. The summed E-state index contributed by atoms with van der Waals surface area (Å²) in [5, 5.41) is 11.4. The molecule has 220 valence electrons. The van der Waals surface area contributed by atoms with Crippen molar-refractivity contribution in [3.8, 4) is 11.5 Å². The normalized spacial score (nSPS) is 15.1. The van der Waals surface area contributed by atoms with Crippen molar-refractivity contribution >= 4 is 29.1 Å². The number of rotatable bonds is 7. The first-order valence-electron chi connectivity index (χ1n) is 12.8. The van der Waals surface area contributed by atoms with E-state index in [0.717, 1.165) is 23.0 Å². The molecule has 0 aliphatic carbocycles. The number of carbonyl (C=O) groups is 1. The van der Waals surface area contributed by atoms with E-state index in [1.807, 2.05) is 37.3 Å². The van der Waals surface area contributed by atoms with Gasteiger partial charge in [-0.2, -0.15) is 13.2 Å². The summed E-state index contributed by atoms with van der Waals surface area (Å²) in [5.41, 5.74) is -0.251. The number of nitro groups is 1. The molecule has 0 saturated heterocycles. The van der Waals surface area contributed by atoms with E-state index in [1.54, 1.807) is 18.2 Å². The Balaban J connectivity index is 1.51. The first-order valence-corrected chi connectivity index (χ1v) is 13.6. The highest BCUT2D eigenvalue weighted by Crippen LogP contribution is 2.38. The maximum absolute atomic E-state index is 13.7. The molecule has 43 heavy (non-hydrogen) atoms. The molecule has 0 radical (unpaired) electrons. The third kappa shape index (κ3) is 5.84. The van der Waals surface area contributed by atoms with Crippen LogP contribution in [-0.4, -0.2) is 22.6 Å². The third-order valence-corrected chi connectivity index (χ3v) is 7.64. The van der Waals surface area contributed by atoms with Gasteiger partial charge in [0.1, 0.15) is 5.75 Å². The zero-order valence-electron chi connectivity index (χ0n) is 22.6. The summed E-state index contributed by atoms with van der Waals surface area (Å²) < 4.78 is 51.4. The van der Waals surface area contributed by atoms with Gasteiger partial charge in [0.2, 0.25) is 5.75 Å². The summed E-state index contributed by atoms with van der Waals surface area (Å²) in [4.78, 5) is 42.0. The van der Waals surface area contributed by atoms with Crippen LogP contribution < -0.4 is 19.6 Å². The predicted molar refractivity (Wildman–Crippen MR) is 151 cm³/mol. The lowest BCUT2D eigenvalue weighted by molar-refractivity contribution is -0.385. The molecule has 5 rings (SSSR count). The van der Waals surface area contributed by atoms with E-state index in [1.165, 1.54) is 23.8 Å². The van der Waals surface area contributed by atoms with Crippen LogP contribution >= 0.6 is 11.3 Å². The number of hydrogen-bond acceptors (Lipinski definition) is 8. The zero-order chi connectivity index (χ0) is 30.9. The van der Waals surface area contributed by atoms with E-state index < -0.39 is 34.4 Å². The molecule has 0 saturated carbocycles. The van der Waals surface area contributed by atoms with Crippen LogP contribution in [-0.2, 0) is 15.7 Å². The minimum absolute atomic E-state index is 0.140. The minimum Gasteiger partial charge on any atom is -0.466 e. The van der Waals surface area contributed by atoms with Crippen LogP contribution in [0.5, 0.6) is 11.5 Å². The van der Waals surface area contributed by atoms with Crippen LogP contribution in [0.1, 0.15) is 36.1 Å². The highest BCUT2D eigenvalue weighted by Gasteiger charge is 2.34. The Hall–Kier alpha value is -5.04. The largest absolute Gasteiger partial charge is 0.466 e. The number of esters is 1. The van der Waals surface area contributed by atoms with Crippen LogP contribution in [0.25, 0.3) is 6.08 Å². The van der Waals surface area contributed by atoms with E-state index in [0.29, 0.717) is 39.1 Å². The molecule has 4 aromatic rings.